The molecule has 2 amide bonds. The molecule has 0 aromatic heterocycles. The van der Waals surface area contributed by atoms with Crippen LogP contribution in [0.3, 0.4) is 0 Å². The predicted molar refractivity (Wildman–Crippen MR) is 136 cm³/mol. The molecule has 34 heavy (non-hydrogen) atoms. The maximum Gasteiger partial charge on any atom is 0.264 e. The maximum atomic E-state index is 13.4. The average Bonchev–Trinajstić information content (AvgIpc) is 3.17. The lowest BCUT2D eigenvalue weighted by molar-refractivity contribution is -0.117. The summed E-state index contributed by atoms with van der Waals surface area (Å²) in [4.78, 5) is 27.9. The SMILES string of the molecule is N#CC(C(=O)NCCc1ccccc1)=C1SC(Cc2ccc(Cl)cc2)C(=O)N1c1ccccc1. The smallest absolute Gasteiger partial charge is 0.264 e. The minimum absolute atomic E-state index is 0.0612. The van der Waals surface area contributed by atoms with Gasteiger partial charge in [-0.05, 0) is 48.2 Å². The second kappa shape index (κ2) is 11.1. The first kappa shape index (κ1) is 23.6. The van der Waals surface area contributed by atoms with Gasteiger partial charge < -0.3 is 5.32 Å². The van der Waals surface area contributed by atoms with E-state index in [2.05, 4.69) is 5.32 Å². The van der Waals surface area contributed by atoms with Crippen molar-refractivity contribution in [2.75, 3.05) is 11.4 Å². The summed E-state index contributed by atoms with van der Waals surface area (Å²) >= 11 is 7.24. The molecule has 170 valence electrons. The number of carbonyl (C=O) groups is 2. The summed E-state index contributed by atoms with van der Waals surface area (Å²) in [6.07, 6.45) is 1.11. The third kappa shape index (κ3) is 5.51. The number of thioether (sulfide) groups is 1. The molecular formula is C27H22ClN3O2S. The van der Waals surface area contributed by atoms with Gasteiger partial charge in [0.15, 0.2) is 0 Å². The second-order valence-corrected chi connectivity index (χ2v) is 9.36. The van der Waals surface area contributed by atoms with Gasteiger partial charge in [-0.15, -0.1) is 0 Å². The fourth-order valence-electron chi connectivity index (χ4n) is 3.69. The van der Waals surface area contributed by atoms with Crippen molar-refractivity contribution in [3.8, 4) is 6.07 Å². The fourth-order valence-corrected chi connectivity index (χ4v) is 5.12. The van der Waals surface area contributed by atoms with Crippen LogP contribution in [0.1, 0.15) is 11.1 Å². The Kier molecular flexibility index (Phi) is 7.69. The summed E-state index contributed by atoms with van der Waals surface area (Å²) in [7, 11) is 0. The quantitative estimate of drug-likeness (QED) is 0.370. The molecular weight excluding hydrogens is 466 g/mol. The lowest BCUT2D eigenvalue weighted by Gasteiger charge is -2.18. The number of halogens is 1. The fraction of sp³-hybridized carbons (Fsp3) is 0.148. The van der Waals surface area contributed by atoms with E-state index in [0.29, 0.717) is 35.1 Å². The van der Waals surface area contributed by atoms with Crippen molar-refractivity contribution >= 4 is 40.9 Å². The summed E-state index contributed by atoms with van der Waals surface area (Å²) in [5, 5.41) is 13.2. The van der Waals surface area contributed by atoms with Crippen molar-refractivity contribution in [1.29, 1.82) is 5.26 Å². The number of para-hydroxylation sites is 1. The largest absolute Gasteiger partial charge is 0.351 e. The number of nitrogens with one attached hydrogen (secondary N) is 1. The highest BCUT2D eigenvalue weighted by Gasteiger charge is 2.40. The highest BCUT2D eigenvalue weighted by atomic mass is 35.5. The van der Waals surface area contributed by atoms with E-state index in [0.717, 1.165) is 11.1 Å². The summed E-state index contributed by atoms with van der Waals surface area (Å²) in [6, 6.07) is 28.3. The van der Waals surface area contributed by atoms with E-state index in [9.17, 15) is 14.9 Å². The second-order valence-electron chi connectivity index (χ2n) is 7.73. The Morgan fingerprint density at radius 1 is 0.971 bits per heavy atom. The van der Waals surface area contributed by atoms with Crippen LogP contribution in [-0.2, 0) is 22.4 Å². The number of nitrogens with zero attached hydrogens (tertiary/aromatic N) is 2. The van der Waals surface area contributed by atoms with Crippen molar-refractivity contribution in [2.45, 2.75) is 18.1 Å². The van der Waals surface area contributed by atoms with Gasteiger partial charge in [0.1, 0.15) is 16.7 Å². The van der Waals surface area contributed by atoms with Crippen molar-refractivity contribution in [3.63, 3.8) is 0 Å². The molecule has 1 heterocycles. The third-order valence-corrected chi connectivity index (χ3v) is 6.91. The van der Waals surface area contributed by atoms with Gasteiger partial charge in [-0.3, -0.25) is 14.5 Å². The Bertz CT molecular complexity index is 1240. The van der Waals surface area contributed by atoms with E-state index >= 15 is 0 Å². The lowest BCUT2D eigenvalue weighted by atomic mass is 10.1. The molecule has 4 rings (SSSR count). The zero-order valence-electron chi connectivity index (χ0n) is 18.3. The molecule has 5 nitrogen and oxygen atoms in total. The standard InChI is InChI=1S/C27H22ClN3O2S/c28-21-13-11-20(12-14-21)17-24-26(33)31(22-9-5-2-6-10-22)27(34-24)23(18-29)25(32)30-16-15-19-7-3-1-4-8-19/h1-14,24H,15-17H2,(H,30,32). The average molecular weight is 488 g/mol. The van der Waals surface area contributed by atoms with E-state index < -0.39 is 11.2 Å². The van der Waals surface area contributed by atoms with Gasteiger partial charge in [0, 0.05) is 17.3 Å². The van der Waals surface area contributed by atoms with E-state index in [-0.39, 0.29) is 11.5 Å². The summed E-state index contributed by atoms with van der Waals surface area (Å²) in [6.45, 7) is 0.388. The lowest BCUT2D eigenvalue weighted by Crippen LogP contribution is -2.32. The number of rotatable bonds is 7. The molecule has 0 spiro atoms. The van der Waals surface area contributed by atoms with Crippen molar-refractivity contribution in [3.05, 3.63) is 112 Å². The molecule has 0 saturated carbocycles. The van der Waals surface area contributed by atoms with Crippen LogP contribution in [0, 0.1) is 11.3 Å². The Morgan fingerprint density at radius 2 is 1.62 bits per heavy atom. The van der Waals surface area contributed by atoms with Crippen LogP contribution >= 0.6 is 23.4 Å². The minimum Gasteiger partial charge on any atom is -0.351 e. The van der Waals surface area contributed by atoms with Crippen LogP contribution in [0.5, 0.6) is 0 Å². The molecule has 1 unspecified atom stereocenters. The van der Waals surface area contributed by atoms with Crippen molar-refractivity contribution < 1.29 is 9.59 Å². The van der Waals surface area contributed by atoms with Crippen LogP contribution in [-0.4, -0.2) is 23.6 Å². The Morgan fingerprint density at radius 3 is 2.26 bits per heavy atom. The van der Waals surface area contributed by atoms with Gasteiger partial charge in [0.05, 0.1) is 5.25 Å². The number of benzene rings is 3. The minimum atomic E-state index is -0.484. The van der Waals surface area contributed by atoms with Crippen LogP contribution in [0.25, 0.3) is 0 Å². The molecule has 1 saturated heterocycles. The number of amides is 2. The molecule has 1 aliphatic rings. The van der Waals surface area contributed by atoms with Gasteiger partial charge in [0.2, 0.25) is 5.91 Å². The molecule has 3 aromatic carbocycles. The van der Waals surface area contributed by atoms with Gasteiger partial charge in [-0.1, -0.05) is 84.0 Å². The highest BCUT2D eigenvalue weighted by Crippen LogP contribution is 2.41. The van der Waals surface area contributed by atoms with Crippen LogP contribution in [0.4, 0.5) is 5.69 Å². The third-order valence-electron chi connectivity index (χ3n) is 5.40. The Labute approximate surface area is 208 Å². The number of nitriles is 1. The van der Waals surface area contributed by atoms with E-state index in [1.807, 2.05) is 66.7 Å². The van der Waals surface area contributed by atoms with Crippen LogP contribution in [0.15, 0.2) is 95.5 Å². The van der Waals surface area contributed by atoms with E-state index in [4.69, 9.17) is 11.6 Å². The van der Waals surface area contributed by atoms with E-state index in [1.165, 1.54) is 16.7 Å². The zero-order chi connectivity index (χ0) is 23.9. The molecule has 7 heteroatoms. The number of hydrogen-bond acceptors (Lipinski definition) is 4. The molecule has 1 fully saturated rings. The monoisotopic (exact) mass is 487 g/mol. The van der Waals surface area contributed by atoms with Crippen LogP contribution < -0.4 is 10.2 Å². The molecule has 0 bridgehead atoms. The molecule has 3 aromatic rings. The topological polar surface area (TPSA) is 73.2 Å². The van der Waals surface area contributed by atoms with Gasteiger partial charge >= 0.3 is 0 Å². The summed E-state index contributed by atoms with van der Waals surface area (Å²) in [5.74, 6) is -0.646. The molecule has 1 aliphatic heterocycles. The summed E-state index contributed by atoms with van der Waals surface area (Å²) < 4.78 is 0. The highest BCUT2D eigenvalue weighted by molar-refractivity contribution is 8.05. The first-order chi connectivity index (χ1) is 16.6. The molecule has 0 aliphatic carbocycles. The Balaban J connectivity index is 1.59. The zero-order valence-corrected chi connectivity index (χ0v) is 19.9. The van der Waals surface area contributed by atoms with Gasteiger partial charge in [-0.25, -0.2) is 0 Å². The summed E-state index contributed by atoms with van der Waals surface area (Å²) in [5.41, 5.74) is 2.61. The molecule has 0 radical (unpaired) electrons. The first-order valence-corrected chi connectivity index (χ1v) is 12.1. The number of hydrogen-bond donors (Lipinski definition) is 1. The maximum absolute atomic E-state index is 13.4. The van der Waals surface area contributed by atoms with Crippen molar-refractivity contribution in [2.24, 2.45) is 0 Å². The van der Waals surface area contributed by atoms with Gasteiger partial charge in [-0.2, -0.15) is 5.26 Å². The Hall–Kier alpha value is -3.53. The van der Waals surface area contributed by atoms with E-state index in [1.54, 1.807) is 24.3 Å². The predicted octanol–water partition coefficient (Wildman–Crippen LogP) is 5.13. The molecule has 1 N–H and O–H groups in total. The van der Waals surface area contributed by atoms with Gasteiger partial charge in [0.25, 0.3) is 5.91 Å². The van der Waals surface area contributed by atoms with Crippen LogP contribution in [0.2, 0.25) is 5.02 Å². The number of carbonyl (C=O) groups excluding carboxylic acids is 2. The number of anilines is 1. The normalized spacial score (nSPS) is 16.8. The van der Waals surface area contributed by atoms with Crippen molar-refractivity contribution in [1.82, 2.24) is 5.32 Å². The first-order valence-electron chi connectivity index (χ1n) is 10.8. The molecule has 1 atom stereocenters.